The van der Waals surface area contributed by atoms with Gasteiger partial charge in [-0.15, -0.1) is 0 Å². The summed E-state index contributed by atoms with van der Waals surface area (Å²) in [7, 11) is 1.43. The second-order valence-corrected chi connectivity index (χ2v) is 5.67. The molecule has 0 saturated carbocycles. The van der Waals surface area contributed by atoms with Crippen molar-refractivity contribution in [1.29, 1.82) is 0 Å². The Balaban J connectivity index is 2.25. The van der Waals surface area contributed by atoms with Crippen LogP contribution in [-0.2, 0) is 17.5 Å². The standard InChI is InChI=1S/C16H18F3N3O2/c1-9-13(10(2)21-15(24)20-9)14(23)22(3)8-11-6-4-5-7-12(11)16(17,18)19/h4-7,9H,8H2,1-3H3,(H2,20,21,24)/t9-/m1/s1. The van der Waals surface area contributed by atoms with Crippen molar-refractivity contribution >= 4 is 11.9 Å². The van der Waals surface area contributed by atoms with Crippen molar-refractivity contribution in [1.82, 2.24) is 15.5 Å². The van der Waals surface area contributed by atoms with Gasteiger partial charge in [-0.05, 0) is 25.5 Å². The van der Waals surface area contributed by atoms with Crippen LogP contribution in [0.4, 0.5) is 18.0 Å². The van der Waals surface area contributed by atoms with Gasteiger partial charge in [-0.3, -0.25) is 4.79 Å². The molecule has 1 aliphatic rings. The zero-order valence-corrected chi connectivity index (χ0v) is 13.5. The summed E-state index contributed by atoms with van der Waals surface area (Å²) < 4.78 is 39.2. The number of nitrogens with zero attached hydrogens (tertiary/aromatic N) is 1. The van der Waals surface area contributed by atoms with Crippen LogP contribution in [0.5, 0.6) is 0 Å². The smallest absolute Gasteiger partial charge is 0.338 e. The largest absolute Gasteiger partial charge is 0.416 e. The van der Waals surface area contributed by atoms with Crippen LogP contribution in [0, 0.1) is 0 Å². The number of carbonyl (C=O) groups excluding carboxylic acids is 2. The third-order valence-electron chi connectivity index (χ3n) is 3.79. The first-order chi connectivity index (χ1) is 11.1. The number of nitrogens with one attached hydrogen (secondary N) is 2. The number of hydrogen-bond acceptors (Lipinski definition) is 2. The van der Waals surface area contributed by atoms with Gasteiger partial charge in [0, 0.05) is 19.3 Å². The number of halogens is 3. The average molecular weight is 341 g/mol. The summed E-state index contributed by atoms with van der Waals surface area (Å²) in [5.74, 6) is -0.440. The maximum absolute atomic E-state index is 13.1. The van der Waals surface area contributed by atoms with Gasteiger partial charge in [-0.1, -0.05) is 18.2 Å². The Kier molecular flexibility index (Phi) is 4.86. The topological polar surface area (TPSA) is 61.4 Å². The van der Waals surface area contributed by atoms with Gasteiger partial charge in [-0.2, -0.15) is 13.2 Å². The Labute approximate surface area is 137 Å². The van der Waals surface area contributed by atoms with Crippen molar-refractivity contribution in [3.05, 3.63) is 46.7 Å². The summed E-state index contributed by atoms with van der Waals surface area (Å²) in [6, 6.07) is 4.21. The molecule has 3 amide bonds. The van der Waals surface area contributed by atoms with Crippen molar-refractivity contribution in [2.75, 3.05) is 7.05 Å². The minimum Gasteiger partial charge on any atom is -0.338 e. The molecule has 0 radical (unpaired) electrons. The van der Waals surface area contributed by atoms with Gasteiger partial charge in [0.1, 0.15) is 0 Å². The molecule has 0 aromatic heterocycles. The quantitative estimate of drug-likeness (QED) is 0.888. The van der Waals surface area contributed by atoms with Gasteiger partial charge in [0.25, 0.3) is 5.91 Å². The molecule has 1 aliphatic heterocycles. The molecular weight excluding hydrogens is 323 g/mol. The van der Waals surface area contributed by atoms with Crippen LogP contribution < -0.4 is 10.6 Å². The highest BCUT2D eigenvalue weighted by Gasteiger charge is 2.34. The van der Waals surface area contributed by atoms with Crippen LogP contribution in [0.25, 0.3) is 0 Å². The molecule has 0 bridgehead atoms. The highest BCUT2D eigenvalue weighted by atomic mass is 19.4. The minimum absolute atomic E-state index is 0.0135. The summed E-state index contributed by atoms with van der Waals surface area (Å²) >= 11 is 0. The van der Waals surface area contributed by atoms with E-state index in [1.54, 1.807) is 13.8 Å². The van der Waals surface area contributed by atoms with Crippen LogP contribution in [0.3, 0.4) is 0 Å². The van der Waals surface area contributed by atoms with Crippen LogP contribution in [0.15, 0.2) is 35.5 Å². The van der Waals surface area contributed by atoms with Crippen LogP contribution >= 0.6 is 0 Å². The van der Waals surface area contributed by atoms with Crippen LogP contribution in [0.1, 0.15) is 25.0 Å². The molecule has 8 heteroatoms. The normalized spacial score (nSPS) is 18.1. The molecule has 1 aromatic carbocycles. The van der Waals surface area contributed by atoms with E-state index >= 15 is 0 Å². The van der Waals surface area contributed by atoms with Crippen molar-refractivity contribution < 1.29 is 22.8 Å². The lowest BCUT2D eigenvalue weighted by molar-refractivity contribution is -0.139. The van der Waals surface area contributed by atoms with Crippen molar-refractivity contribution in [2.45, 2.75) is 32.6 Å². The Morgan fingerprint density at radius 2 is 1.92 bits per heavy atom. The van der Waals surface area contributed by atoms with Gasteiger partial charge in [0.15, 0.2) is 0 Å². The summed E-state index contributed by atoms with van der Waals surface area (Å²) in [6.45, 7) is 3.04. The SMILES string of the molecule is CC1=C(C(=O)N(C)Cc2ccccc2C(F)(F)F)[C@@H](C)NC(=O)N1. The highest BCUT2D eigenvalue weighted by molar-refractivity contribution is 5.98. The number of likely N-dealkylation sites (N-methyl/N-ethyl adjacent to an activating group) is 1. The number of allylic oxidation sites excluding steroid dienone is 1. The molecule has 2 rings (SSSR count). The van der Waals surface area contributed by atoms with E-state index in [-0.39, 0.29) is 12.1 Å². The summed E-state index contributed by atoms with van der Waals surface area (Å²) in [4.78, 5) is 25.2. The maximum atomic E-state index is 13.1. The van der Waals surface area contributed by atoms with E-state index in [9.17, 15) is 22.8 Å². The summed E-state index contributed by atoms with van der Waals surface area (Å²) in [6.07, 6.45) is -4.48. The van der Waals surface area contributed by atoms with Gasteiger partial charge < -0.3 is 15.5 Å². The number of hydrogen-bond donors (Lipinski definition) is 2. The van der Waals surface area contributed by atoms with E-state index in [1.165, 1.54) is 30.1 Å². The molecule has 0 unspecified atom stereocenters. The molecule has 2 N–H and O–H groups in total. The monoisotopic (exact) mass is 341 g/mol. The van der Waals surface area contributed by atoms with Crippen LogP contribution in [0.2, 0.25) is 0 Å². The molecular formula is C16H18F3N3O2. The third-order valence-corrected chi connectivity index (χ3v) is 3.79. The van der Waals surface area contributed by atoms with Gasteiger partial charge in [-0.25, -0.2) is 4.79 Å². The second kappa shape index (κ2) is 6.54. The highest BCUT2D eigenvalue weighted by Crippen LogP contribution is 2.32. The molecule has 0 saturated heterocycles. The molecule has 130 valence electrons. The van der Waals surface area contributed by atoms with E-state index in [2.05, 4.69) is 10.6 Å². The lowest BCUT2D eigenvalue weighted by Crippen LogP contribution is -2.50. The molecule has 1 atom stereocenters. The maximum Gasteiger partial charge on any atom is 0.416 e. The fourth-order valence-electron chi connectivity index (χ4n) is 2.68. The Bertz CT molecular complexity index is 698. The van der Waals surface area contributed by atoms with Crippen molar-refractivity contribution in [2.24, 2.45) is 0 Å². The predicted molar refractivity (Wildman–Crippen MR) is 81.7 cm³/mol. The molecule has 5 nitrogen and oxygen atoms in total. The number of benzene rings is 1. The fraction of sp³-hybridized carbons (Fsp3) is 0.375. The number of carbonyl (C=O) groups is 2. The van der Waals surface area contributed by atoms with E-state index < -0.39 is 29.7 Å². The Morgan fingerprint density at radius 1 is 1.29 bits per heavy atom. The predicted octanol–water partition coefficient (Wildman–Crippen LogP) is 2.64. The van der Waals surface area contributed by atoms with Gasteiger partial charge in [0.05, 0.1) is 17.2 Å². The first-order valence-corrected chi connectivity index (χ1v) is 7.30. The zero-order valence-electron chi connectivity index (χ0n) is 13.5. The number of rotatable bonds is 3. The summed E-state index contributed by atoms with van der Waals surface area (Å²) in [5, 5.41) is 5.06. The molecule has 1 aromatic rings. The average Bonchev–Trinajstić information content (AvgIpc) is 2.45. The third kappa shape index (κ3) is 3.69. The Hall–Kier alpha value is -2.51. The lowest BCUT2D eigenvalue weighted by atomic mass is 10.0. The van der Waals surface area contributed by atoms with Crippen molar-refractivity contribution in [3.8, 4) is 0 Å². The Morgan fingerprint density at radius 3 is 2.50 bits per heavy atom. The number of amides is 3. The zero-order chi connectivity index (χ0) is 18.1. The van der Waals surface area contributed by atoms with Crippen molar-refractivity contribution in [3.63, 3.8) is 0 Å². The van der Waals surface area contributed by atoms with E-state index in [1.807, 2.05) is 0 Å². The number of urea groups is 1. The van der Waals surface area contributed by atoms with E-state index in [0.717, 1.165) is 6.07 Å². The van der Waals surface area contributed by atoms with Gasteiger partial charge in [0.2, 0.25) is 0 Å². The van der Waals surface area contributed by atoms with Gasteiger partial charge >= 0.3 is 12.2 Å². The fourth-order valence-corrected chi connectivity index (χ4v) is 2.68. The first-order valence-electron chi connectivity index (χ1n) is 7.30. The first kappa shape index (κ1) is 17.8. The van der Waals surface area contributed by atoms with E-state index in [4.69, 9.17) is 0 Å². The van der Waals surface area contributed by atoms with E-state index in [0.29, 0.717) is 11.3 Å². The summed E-state index contributed by atoms with van der Waals surface area (Å²) in [5.41, 5.74) is -0.0353. The molecule has 0 aliphatic carbocycles. The molecule has 24 heavy (non-hydrogen) atoms. The minimum atomic E-state index is -4.48. The molecule has 0 fully saturated rings. The number of alkyl halides is 3. The molecule has 1 heterocycles. The lowest BCUT2D eigenvalue weighted by Gasteiger charge is -2.29. The van der Waals surface area contributed by atoms with Crippen LogP contribution in [-0.4, -0.2) is 29.9 Å². The second-order valence-electron chi connectivity index (χ2n) is 5.67. The molecule has 0 spiro atoms.